The number of amides is 2. The molecule has 0 aliphatic carbocycles. The number of thioether (sulfide) groups is 1. The molecule has 1 aromatic heterocycles. The normalized spacial score (nSPS) is 14.1. The van der Waals surface area contributed by atoms with Crippen molar-refractivity contribution >= 4 is 35.5 Å². The fourth-order valence-corrected chi connectivity index (χ4v) is 6.31. The van der Waals surface area contributed by atoms with E-state index in [1.165, 1.54) is 6.08 Å². The molecule has 11 heteroatoms. The van der Waals surface area contributed by atoms with Crippen LogP contribution in [0.4, 0.5) is 5.82 Å². The molecule has 2 aromatic carbocycles. The number of carbonyl (C=O) groups is 2. The summed E-state index contributed by atoms with van der Waals surface area (Å²) in [7, 11) is 0. The lowest BCUT2D eigenvalue weighted by atomic mass is 9.95. The van der Waals surface area contributed by atoms with Gasteiger partial charge < -0.3 is 16.0 Å². The van der Waals surface area contributed by atoms with Gasteiger partial charge >= 0.3 is 0 Å². The Bertz CT molecular complexity index is 1570. The van der Waals surface area contributed by atoms with Crippen LogP contribution in [0.1, 0.15) is 58.4 Å². The number of aromatic nitrogens is 1. The van der Waals surface area contributed by atoms with E-state index in [1.54, 1.807) is 11.6 Å². The zero-order valence-electron chi connectivity index (χ0n) is 24.5. The van der Waals surface area contributed by atoms with Gasteiger partial charge in [0.2, 0.25) is 5.91 Å². The molecule has 1 fully saturated rings. The highest BCUT2D eigenvalue weighted by Crippen LogP contribution is 2.40. The monoisotopic (exact) mass is 609 g/mol. The third-order valence-electron chi connectivity index (χ3n) is 7.61. The first-order valence-corrected chi connectivity index (χ1v) is 15.3. The minimum atomic E-state index is -0.724. The van der Waals surface area contributed by atoms with Gasteiger partial charge in [-0.25, -0.2) is 10.5 Å². The van der Waals surface area contributed by atoms with E-state index in [9.17, 15) is 20.1 Å². The number of nitrogens with zero attached hydrogens (tertiary/aromatic N) is 4. The molecule has 1 aliphatic heterocycles. The smallest absolute Gasteiger partial charge is 0.267 e. The molecular weight excluding hydrogens is 574 g/mol. The number of nitrogens with one attached hydrogen (secondary N) is 2. The molecule has 44 heavy (non-hydrogen) atoms. The van der Waals surface area contributed by atoms with Crippen LogP contribution in [0.3, 0.4) is 0 Å². The lowest BCUT2D eigenvalue weighted by Gasteiger charge is -2.34. The standard InChI is InChI=1S/C33H35N7O3S/c1-2-26-27(18-34)32(38-33(28(26)19-35)44-30(31(36)42)25-6-4-3-5-7-25)40-16-14-24(15-17-40)21-37-20-23-10-8-22(9-11-23)12-13-29(41)39-43/h3-13,24,30,37,43H,2,14-17,20-21H2,1H3,(H2,36,42)(H,39,41)/b13-12+. The first-order valence-electron chi connectivity index (χ1n) is 14.4. The largest absolute Gasteiger partial charge is 0.368 e. The molecule has 226 valence electrons. The maximum absolute atomic E-state index is 12.5. The maximum Gasteiger partial charge on any atom is 0.267 e. The Labute approximate surface area is 261 Å². The van der Waals surface area contributed by atoms with Gasteiger partial charge in [-0.2, -0.15) is 10.5 Å². The van der Waals surface area contributed by atoms with Gasteiger partial charge in [-0.15, -0.1) is 0 Å². The summed E-state index contributed by atoms with van der Waals surface area (Å²) in [6.07, 6.45) is 5.19. The topological polar surface area (TPSA) is 168 Å². The Morgan fingerprint density at radius 3 is 2.39 bits per heavy atom. The van der Waals surface area contributed by atoms with Crippen LogP contribution in [0.5, 0.6) is 0 Å². The molecule has 0 saturated carbocycles. The number of piperidine rings is 1. The van der Waals surface area contributed by atoms with Gasteiger partial charge in [-0.1, -0.05) is 73.3 Å². The van der Waals surface area contributed by atoms with Crippen molar-refractivity contribution in [2.24, 2.45) is 11.7 Å². The van der Waals surface area contributed by atoms with Crippen LogP contribution in [0.2, 0.25) is 0 Å². The number of carbonyl (C=O) groups excluding carboxylic acids is 2. The predicted octanol–water partition coefficient (Wildman–Crippen LogP) is 4.23. The van der Waals surface area contributed by atoms with Crippen molar-refractivity contribution in [1.82, 2.24) is 15.8 Å². The summed E-state index contributed by atoms with van der Waals surface area (Å²) in [5, 5.41) is 32.0. The number of primary amides is 1. The van der Waals surface area contributed by atoms with Gasteiger partial charge in [0.25, 0.3) is 5.91 Å². The second-order valence-electron chi connectivity index (χ2n) is 10.5. The Hall–Kier alpha value is -4.68. The molecule has 0 spiro atoms. The number of nitriles is 2. The summed E-state index contributed by atoms with van der Waals surface area (Å²) in [4.78, 5) is 30.6. The number of pyridine rings is 1. The molecule has 5 N–H and O–H groups in total. The molecule has 1 atom stereocenters. The van der Waals surface area contributed by atoms with Gasteiger partial charge in [-0.05, 0) is 60.1 Å². The highest BCUT2D eigenvalue weighted by Gasteiger charge is 2.29. The lowest BCUT2D eigenvalue weighted by molar-refractivity contribution is -0.124. The van der Waals surface area contributed by atoms with E-state index in [2.05, 4.69) is 22.4 Å². The van der Waals surface area contributed by atoms with Gasteiger partial charge in [-0.3, -0.25) is 14.8 Å². The Morgan fingerprint density at radius 1 is 1.11 bits per heavy atom. The Kier molecular flexibility index (Phi) is 11.5. The number of hydrogen-bond donors (Lipinski definition) is 4. The second kappa shape index (κ2) is 15.7. The predicted molar refractivity (Wildman–Crippen MR) is 169 cm³/mol. The number of hydroxylamine groups is 1. The maximum atomic E-state index is 12.5. The molecule has 0 bridgehead atoms. The highest BCUT2D eigenvalue weighted by molar-refractivity contribution is 8.00. The van der Waals surface area contributed by atoms with Crippen LogP contribution >= 0.6 is 11.8 Å². The SMILES string of the molecule is CCc1c(C#N)c(SC(C(N)=O)c2ccccc2)nc(N2CCC(CNCc3ccc(/C=C/C(=O)NO)cc3)CC2)c1C#N. The van der Waals surface area contributed by atoms with Crippen molar-refractivity contribution in [3.05, 3.63) is 94.1 Å². The molecule has 3 aromatic rings. The Balaban J connectivity index is 1.43. The van der Waals surface area contributed by atoms with E-state index in [0.29, 0.717) is 59.5 Å². The Morgan fingerprint density at radius 2 is 1.80 bits per heavy atom. The number of benzene rings is 2. The van der Waals surface area contributed by atoms with E-state index >= 15 is 0 Å². The fraction of sp³-hybridized carbons (Fsp3) is 0.303. The summed E-state index contributed by atoms with van der Waals surface area (Å²) >= 11 is 1.16. The lowest BCUT2D eigenvalue weighted by Crippen LogP contribution is -2.38. The van der Waals surface area contributed by atoms with Crippen molar-refractivity contribution in [2.75, 3.05) is 24.5 Å². The average Bonchev–Trinajstić information content (AvgIpc) is 3.06. The minimum Gasteiger partial charge on any atom is -0.368 e. The van der Waals surface area contributed by atoms with Gasteiger partial charge in [0.05, 0.1) is 11.1 Å². The molecule has 0 radical (unpaired) electrons. The van der Waals surface area contributed by atoms with E-state index < -0.39 is 17.1 Å². The van der Waals surface area contributed by atoms with Crippen LogP contribution in [-0.4, -0.2) is 41.6 Å². The molecule has 4 rings (SSSR count). The zero-order valence-corrected chi connectivity index (χ0v) is 25.3. The summed E-state index contributed by atoms with van der Waals surface area (Å²) in [5.41, 5.74) is 11.4. The third-order valence-corrected chi connectivity index (χ3v) is 8.87. The zero-order chi connectivity index (χ0) is 31.5. The first kappa shape index (κ1) is 32.2. The first-order chi connectivity index (χ1) is 21.4. The van der Waals surface area contributed by atoms with E-state index in [-0.39, 0.29) is 0 Å². The molecule has 2 amide bonds. The van der Waals surface area contributed by atoms with E-state index in [0.717, 1.165) is 47.8 Å². The van der Waals surface area contributed by atoms with Gasteiger partial charge in [0, 0.05) is 25.7 Å². The average molecular weight is 610 g/mol. The molecule has 10 nitrogen and oxygen atoms in total. The second-order valence-corrected chi connectivity index (χ2v) is 11.6. The van der Waals surface area contributed by atoms with Gasteiger partial charge in [0.1, 0.15) is 28.2 Å². The molecular formula is C33H35N7O3S. The third kappa shape index (κ3) is 8.03. The fourth-order valence-electron chi connectivity index (χ4n) is 5.25. The van der Waals surface area contributed by atoms with Crippen molar-refractivity contribution in [3.8, 4) is 12.1 Å². The summed E-state index contributed by atoms with van der Waals surface area (Å²) in [6, 6.07) is 21.5. The number of anilines is 1. The highest BCUT2D eigenvalue weighted by atomic mass is 32.2. The number of rotatable bonds is 12. The van der Waals surface area contributed by atoms with Crippen LogP contribution in [0.15, 0.2) is 65.7 Å². The quantitative estimate of drug-likeness (QED) is 0.102. The minimum absolute atomic E-state index is 0.318. The molecule has 2 heterocycles. The number of nitrogens with two attached hydrogens (primary N) is 1. The molecule has 1 saturated heterocycles. The van der Waals surface area contributed by atoms with Crippen LogP contribution in [0, 0.1) is 28.6 Å². The molecule has 1 unspecified atom stereocenters. The van der Waals surface area contributed by atoms with E-state index in [4.69, 9.17) is 15.9 Å². The van der Waals surface area contributed by atoms with Crippen molar-refractivity contribution in [1.29, 1.82) is 10.5 Å². The van der Waals surface area contributed by atoms with Crippen LogP contribution in [0.25, 0.3) is 6.08 Å². The van der Waals surface area contributed by atoms with Crippen molar-refractivity contribution in [3.63, 3.8) is 0 Å². The van der Waals surface area contributed by atoms with Crippen molar-refractivity contribution < 1.29 is 14.8 Å². The molecule has 1 aliphatic rings. The number of hydrogen-bond acceptors (Lipinski definition) is 9. The summed E-state index contributed by atoms with van der Waals surface area (Å²) < 4.78 is 0. The van der Waals surface area contributed by atoms with Crippen molar-refractivity contribution in [2.45, 2.75) is 43.0 Å². The van der Waals surface area contributed by atoms with Gasteiger partial charge in [0.15, 0.2) is 0 Å². The van der Waals surface area contributed by atoms with Crippen LogP contribution in [-0.2, 0) is 22.6 Å². The van der Waals surface area contributed by atoms with Crippen LogP contribution < -0.4 is 21.4 Å². The van der Waals surface area contributed by atoms with E-state index in [1.807, 2.05) is 61.5 Å². The summed E-state index contributed by atoms with van der Waals surface area (Å²) in [6.45, 7) is 4.90. The summed E-state index contributed by atoms with van der Waals surface area (Å²) in [5.74, 6) is -0.0973.